The van der Waals surface area contributed by atoms with Gasteiger partial charge in [-0.1, -0.05) is 0 Å². The predicted octanol–water partition coefficient (Wildman–Crippen LogP) is 2.84. The van der Waals surface area contributed by atoms with Crippen molar-refractivity contribution in [2.24, 2.45) is 0 Å². The maximum absolute atomic E-state index is 10.8. The highest BCUT2D eigenvalue weighted by Crippen LogP contribution is 2.55. The van der Waals surface area contributed by atoms with E-state index in [0.29, 0.717) is 6.42 Å². The summed E-state index contributed by atoms with van der Waals surface area (Å²) < 4.78 is 18.5. The first kappa shape index (κ1) is 15.7. The van der Waals surface area contributed by atoms with Gasteiger partial charge in [-0.15, -0.1) is 0 Å². The van der Waals surface area contributed by atoms with Gasteiger partial charge in [-0.25, -0.2) is 4.98 Å². The molecule has 4 heterocycles. The molecule has 0 amide bonds. The van der Waals surface area contributed by atoms with Crippen molar-refractivity contribution in [1.82, 2.24) is 4.98 Å². The molecule has 0 aromatic carbocycles. The molecule has 7 heteroatoms. The summed E-state index contributed by atoms with van der Waals surface area (Å²) in [6.07, 6.45) is 3.58. The van der Waals surface area contributed by atoms with E-state index >= 15 is 0 Å². The number of ether oxygens (including phenoxy) is 3. The van der Waals surface area contributed by atoms with E-state index < -0.39 is 21.9 Å². The minimum atomic E-state index is -0.626. The van der Waals surface area contributed by atoms with Crippen molar-refractivity contribution < 1.29 is 19.1 Å². The number of rotatable bonds is 2. The van der Waals surface area contributed by atoms with Crippen molar-refractivity contribution in [1.29, 1.82) is 0 Å². The zero-order chi connectivity index (χ0) is 17.3. The third-order valence-corrected chi connectivity index (χ3v) is 5.01. The normalized spacial score (nSPS) is 39.4. The molecular weight excluding hydrogens is 312 g/mol. The lowest BCUT2D eigenvalue weighted by Gasteiger charge is -2.38. The molecule has 128 valence electrons. The average molecular weight is 332 g/mol. The first-order valence-corrected chi connectivity index (χ1v) is 8.00. The SMILES string of the molecule is CC1(C)OC2[C@H](O1)[C@@]1(C)C=C(c3ccc([N+](=O)[O-])cn3)C[C@]2(C)O1. The van der Waals surface area contributed by atoms with Gasteiger partial charge < -0.3 is 14.2 Å². The summed E-state index contributed by atoms with van der Waals surface area (Å²) in [6.45, 7) is 7.84. The molecule has 1 unspecified atom stereocenters. The average Bonchev–Trinajstić information content (AvgIpc) is 2.89. The van der Waals surface area contributed by atoms with Crippen LogP contribution in [0.3, 0.4) is 0 Å². The zero-order valence-corrected chi connectivity index (χ0v) is 14.1. The van der Waals surface area contributed by atoms with Crippen LogP contribution in [0.2, 0.25) is 0 Å². The first-order valence-electron chi connectivity index (χ1n) is 8.00. The maximum Gasteiger partial charge on any atom is 0.287 e. The lowest BCUT2D eigenvalue weighted by atomic mass is 9.90. The van der Waals surface area contributed by atoms with E-state index in [2.05, 4.69) is 4.98 Å². The minimum Gasteiger partial charge on any atom is -0.359 e. The molecule has 7 nitrogen and oxygen atoms in total. The number of aromatic nitrogens is 1. The second-order valence-corrected chi connectivity index (χ2v) is 7.58. The summed E-state index contributed by atoms with van der Waals surface area (Å²) in [6, 6.07) is 3.16. The van der Waals surface area contributed by atoms with Crippen molar-refractivity contribution in [3.63, 3.8) is 0 Å². The van der Waals surface area contributed by atoms with Crippen LogP contribution in [-0.4, -0.2) is 39.1 Å². The molecule has 0 N–H and O–H groups in total. The van der Waals surface area contributed by atoms with Crippen molar-refractivity contribution in [2.75, 3.05) is 0 Å². The molecule has 0 radical (unpaired) electrons. The molecular formula is C17H20N2O5. The van der Waals surface area contributed by atoms with Gasteiger partial charge in [0.1, 0.15) is 24.0 Å². The zero-order valence-electron chi connectivity index (χ0n) is 14.1. The Morgan fingerprint density at radius 2 is 1.92 bits per heavy atom. The summed E-state index contributed by atoms with van der Waals surface area (Å²) in [5.74, 6) is -0.626. The Morgan fingerprint density at radius 3 is 2.54 bits per heavy atom. The second-order valence-electron chi connectivity index (χ2n) is 7.58. The largest absolute Gasteiger partial charge is 0.359 e. The van der Waals surface area contributed by atoms with Crippen molar-refractivity contribution in [2.45, 2.75) is 63.3 Å². The fourth-order valence-electron chi connectivity index (χ4n) is 4.12. The molecule has 3 aliphatic heterocycles. The van der Waals surface area contributed by atoms with Gasteiger partial charge in [0.05, 0.1) is 16.2 Å². The number of pyridine rings is 1. The Kier molecular flexibility index (Phi) is 3.02. The van der Waals surface area contributed by atoms with Gasteiger partial charge >= 0.3 is 0 Å². The van der Waals surface area contributed by atoms with Gasteiger partial charge in [0, 0.05) is 12.5 Å². The molecule has 0 spiro atoms. The van der Waals surface area contributed by atoms with Crippen LogP contribution in [0.4, 0.5) is 5.69 Å². The third kappa shape index (κ3) is 2.19. The van der Waals surface area contributed by atoms with Crippen LogP contribution in [0, 0.1) is 10.1 Å². The molecule has 1 aromatic rings. The van der Waals surface area contributed by atoms with Gasteiger partial charge in [0.15, 0.2) is 5.79 Å². The van der Waals surface area contributed by atoms with Crippen LogP contribution in [-0.2, 0) is 14.2 Å². The second kappa shape index (κ2) is 4.62. The standard InChI is InChI=1S/C17H20N2O5/c1-15(2)22-13-14(23-15)17(4)8-10(7-16(13,3)24-17)12-6-5-11(9-18-12)19(20)21/h5-7,9,13-14H,8H2,1-4H3/t13-,14?,16+,17-/m0/s1. The van der Waals surface area contributed by atoms with E-state index in [0.717, 1.165) is 11.3 Å². The van der Waals surface area contributed by atoms with Gasteiger partial charge in [0.25, 0.3) is 5.69 Å². The fraction of sp³-hybridized carbons (Fsp3) is 0.588. The molecule has 3 aliphatic rings. The highest BCUT2D eigenvalue weighted by atomic mass is 16.8. The van der Waals surface area contributed by atoms with Gasteiger partial charge in [-0.05, 0) is 45.4 Å². The van der Waals surface area contributed by atoms with E-state index in [1.807, 2.05) is 33.8 Å². The van der Waals surface area contributed by atoms with Crippen LogP contribution in [0.15, 0.2) is 24.4 Å². The quantitative estimate of drug-likeness (QED) is 0.612. The molecule has 4 rings (SSSR count). The summed E-state index contributed by atoms with van der Waals surface area (Å²) in [7, 11) is 0. The number of nitro groups is 1. The minimum absolute atomic E-state index is 0.0166. The first-order chi connectivity index (χ1) is 11.1. The Labute approximate surface area is 139 Å². The Bertz CT molecular complexity index is 744. The Morgan fingerprint density at radius 1 is 1.21 bits per heavy atom. The number of hydrogen-bond acceptors (Lipinski definition) is 6. The molecule has 4 atom stereocenters. The molecule has 1 aromatic heterocycles. The monoisotopic (exact) mass is 332 g/mol. The molecule has 24 heavy (non-hydrogen) atoms. The highest BCUT2D eigenvalue weighted by molar-refractivity contribution is 5.67. The highest BCUT2D eigenvalue weighted by Gasteiger charge is 2.66. The van der Waals surface area contributed by atoms with Crippen LogP contribution in [0.1, 0.15) is 39.8 Å². The lowest BCUT2D eigenvalue weighted by molar-refractivity contribution is -0.385. The molecule has 2 fully saturated rings. The summed E-state index contributed by atoms with van der Waals surface area (Å²) >= 11 is 0. The summed E-state index contributed by atoms with van der Waals surface area (Å²) in [5.41, 5.74) is 0.587. The topological polar surface area (TPSA) is 83.7 Å². The van der Waals surface area contributed by atoms with Crippen LogP contribution in [0.25, 0.3) is 5.57 Å². The Balaban J connectivity index is 1.71. The van der Waals surface area contributed by atoms with Gasteiger partial charge in [-0.2, -0.15) is 0 Å². The van der Waals surface area contributed by atoms with Crippen LogP contribution in [0.5, 0.6) is 0 Å². The van der Waals surface area contributed by atoms with Gasteiger partial charge in [-0.3, -0.25) is 10.1 Å². The van der Waals surface area contributed by atoms with Crippen molar-refractivity contribution in [3.05, 3.63) is 40.2 Å². The molecule has 2 saturated heterocycles. The molecule has 2 bridgehead atoms. The molecule has 0 aliphatic carbocycles. The predicted molar refractivity (Wildman–Crippen MR) is 85.2 cm³/mol. The molecule has 0 saturated carbocycles. The van der Waals surface area contributed by atoms with Crippen molar-refractivity contribution in [3.8, 4) is 0 Å². The number of hydrogen-bond donors (Lipinski definition) is 0. The number of nitrogens with zero attached hydrogens (tertiary/aromatic N) is 2. The Hall–Kier alpha value is -1.83. The lowest BCUT2D eigenvalue weighted by Crippen LogP contribution is -2.43. The van der Waals surface area contributed by atoms with E-state index in [-0.39, 0.29) is 17.9 Å². The van der Waals surface area contributed by atoms with E-state index in [1.54, 1.807) is 6.07 Å². The maximum atomic E-state index is 10.8. The summed E-state index contributed by atoms with van der Waals surface area (Å²) in [4.78, 5) is 14.6. The van der Waals surface area contributed by atoms with Crippen molar-refractivity contribution >= 4 is 11.3 Å². The van der Waals surface area contributed by atoms with E-state index in [4.69, 9.17) is 14.2 Å². The smallest absolute Gasteiger partial charge is 0.287 e. The fourth-order valence-corrected chi connectivity index (χ4v) is 4.12. The van der Waals surface area contributed by atoms with Gasteiger partial charge in [0.2, 0.25) is 0 Å². The van der Waals surface area contributed by atoms with Crippen LogP contribution < -0.4 is 0 Å². The van der Waals surface area contributed by atoms with E-state index in [1.165, 1.54) is 12.3 Å². The summed E-state index contributed by atoms with van der Waals surface area (Å²) in [5, 5.41) is 10.8. The van der Waals surface area contributed by atoms with Crippen LogP contribution >= 0.6 is 0 Å². The third-order valence-electron chi connectivity index (χ3n) is 5.01. The van der Waals surface area contributed by atoms with E-state index in [9.17, 15) is 10.1 Å². The number of fused-ring (bicyclic) bond motifs is 5.